The summed E-state index contributed by atoms with van der Waals surface area (Å²) in [5, 5.41) is 3.29. The van der Waals surface area contributed by atoms with Crippen molar-refractivity contribution in [2.24, 2.45) is 0 Å². The first-order valence-electron chi connectivity index (χ1n) is 4.79. The molecule has 2 nitrogen and oxygen atoms in total. The smallest absolute Gasteiger partial charge is 0.255 e. The molecule has 16 heavy (non-hydrogen) atoms. The SMILES string of the molecule is O=C(Nc1c[c]cc(Cl)c1)c1ccccc1. The number of hydrogen-bond donors (Lipinski definition) is 1. The quantitative estimate of drug-likeness (QED) is 0.842. The molecule has 2 aromatic rings. The van der Waals surface area contributed by atoms with Crippen molar-refractivity contribution in [1.29, 1.82) is 0 Å². The molecule has 2 aromatic carbocycles. The Morgan fingerprint density at radius 3 is 2.62 bits per heavy atom. The third-order valence-corrected chi connectivity index (χ3v) is 2.27. The molecule has 0 aliphatic carbocycles. The number of amides is 1. The van der Waals surface area contributed by atoms with Gasteiger partial charge in [0.15, 0.2) is 0 Å². The number of anilines is 1. The summed E-state index contributed by atoms with van der Waals surface area (Å²) in [6, 6.07) is 16.8. The minimum absolute atomic E-state index is 0.156. The number of carbonyl (C=O) groups is 1. The first-order valence-corrected chi connectivity index (χ1v) is 5.16. The monoisotopic (exact) mass is 230 g/mol. The number of hydrogen-bond acceptors (Lipinski definition) is 1. The van der Waals surface area contributed by atoms with Crippen LogP contribution in [0, 0.1) is 6.07 Å². The van der Waals surface area contributed by atoms with Gasteiger partial charge in [0.05, 0.1) is 0 Å². The van der Waals surface area contributed by atoms with Gasteiger partial charge in [0.1, 0.15) is 0 Å². The van der Waals surface area contributed by atoms with Gasteiger partial charge in [-0.25, -0.2) is 0 Å². The fourth-order valence-electron chi connectivity index (χ4n) is 1.31. The highest BCUT2D eigenvalue weighted by molar-refractivity contribution is 6.30. The van der Waals surface area contributed by atoms with Gasteiger partial charge >= 0.3 is 0 Å². The lowest BCUT2D eigenvalue weighted by atomic mass is 10.2. The molecule has 3 heteroatoms. The standard InChI is InChI=1S/C13H9ClNO/c14-11-7-4-8-12(9-11)15-13(16)10-5-2-1-3-6-10/h1-3,5-9H,(H,15,16). The van der Waals surface area contributed by atoms with Gasteiger partial charge in [0.25, 0.3) is 5.91 Å². The highest BCUT2D eigenvalue weighted by Crippen LogP contribution is 2.15. The first-order chi connectivity index (χ1) is 7.75. The van der Waals surface area contributed by atoms with Crippen LogP contribution < -0.4 is 5.32 Å². The van der Waals surface area contributed by atoms with E-state index in [-0.39, 0.29) is 5.91 Å². The van der Waals surface area contributed by atoms with Crippen LogP contribution in [0.1, 0.15) is 10.4 Å². The molecule has 0 unspecified atom stereocenters. The summed E-state index contributed by atoms with van der Waals surface area (Å²) in [6.45, 7) is 0. The van der Waals surface area contributed by atoms with E-state index in [0.717, 1.165) is 0 Å². The van der Waals surface area contributed by atoms with Gasteiger partial charge in [-0.05, 0) is 36.4 Å². The van der Waals surface area contributed by atoms with Crippen LogP contribution in [0.3, 0.4) is 0 Å². The van der Waals surface area contributed by atoms with Crippen LogP contribution in [-0.2, 0) is 0 Å². The Balaban J connectivity index is 2.14. The molecule has 1 amide bonds. The van der Waals surface area contributed by atoms with E-state index in [1.807, 2.05) is 18.2 Å². The molecule has 0 aliphatic rings. The predicted octanol–water partition coefficient (Wildman–Crippen LogP) is 3.39. The Kier molecular flexibility index (Phi) is 3.22. The van der Waals surface area contributed by atoms with Crippen LogP contribution >= 0.6 is 11.6 Å². The molecule has 0 atom stereocenters. The summed E-state index contributed by atoms with van der Waals surface area (Å²) < 4.78 is 0. The molecule has 2 rings (SSSR count). The van der Waals surface area contributed by atoms with Gasteiger partial charge in [-0.15, -0.1) is 0 Å². The van der Waals surface area contributed by atoms with Crippen molar-refractivity contribution < 1.29 is 4.79 Å². The first kappa shape index (κ1) is 10.7. The number of nitrogens with one attached hydrogen (secondary N) is 1. The third kappa shape index (κ3) is 2.61. The molecular weight excluding hydrogens is 222 g/mol. The van der Waals surface area contributed by atoms with Crippen molar-refractivity contribution in [2.75, 3.05) is 5.32 Å². The molecule has 0 saturated carbocycles. The van der Waals surface area contributed by atoms with E-state index in [9.17, 15) is 4.79 Å². The Hall–Kier alpha value is -1.80. The van der Waals surface area contributed by atoms with Crippen LogP contribution in [0.15, 0.2) is 48.5 Å². The second-order valence-electron chi connectivity index (χ2n) is 3.26. The molecule has 1 radical (unpaired) electrons. The minimum atomic E-state index is -0.156. The van der Waals surface area contributed by atoms with E-state index in [2.05, 4.69) is 11.4 Å². The number of carbonyl (C=O) groups excluding carboxylic acids is 1. The van der Waals surface area contributed by atoms with Crippen LogP contribution in [0.25, 0.3) is 0 Å². The summed E-state index contributed by atoms with van der Waals surface area (Å²) in [7, 11) is 0. The van der Waals surface area contributed by atoms with Gasteiger partial charge in [-0.3, -0.25) is 4.79 Å². The van der Waals surface area contributed by atoms with Crippen molar-refractivity contribution in [3.8, 4) is 0 Å². The number of halogens is 1. The summed E-state index contributed by atoms with van der Waals surface area (Å²) in [6.07, 6.45) is 0. The second-order valence-corrected chi connectivity index (χ2v) is 3.70. The van der Waals surface area contributed by atoms with E-state index in [4.69, 9.17) is 11.6 Å². The summed E-state index contributed by atoms with van der Waals surface area (Å²) in [5.74, 6) is -0.156. The highest BCUT2D eigenvalue weighted by Gasteiger charge is 2.04. The van der Waals surface area contributed by atoms with Gasteiger partial charge in [0.2, 0.25) is 0 Å². The van der Waals surface area contributed by atoms with Gasteiger partial charge in [-0.1, -0.05) is 29.8 Å². The minimum Gasteiger partial charge on any atom is -0.322 e. The molecule has 1 N–H and O–H groups in total. The Bertz CT molecular complexity index is 496. The van der Waals surface area contributed by atoms with Crippen LogP contribution in [-0.4, -0.2) is 5.91 Å². The van der Waals surface area contributed by atoms with Crippen molar-refractivity contribution in [2.45, 2.75) is 0 Å². The normalized spacial score (nSPS) is 9.81. The highest BCUT2D eigenvalue weighted by atomic mass is 35.5. The predicted molar refractivity (Wildman–Crippen MR) is 64.7 cm³/mol. The van der Waals surface area contributed by atoms with E-state index in [1.165, 1.54) is 0 Å². The van der Waals surface area contributed by atoms with Gasteiger partial charge in [0, 0.05) is 16.3 Å². The summed E-state index contributed by atoms with van der Waals surface area (Å²) >= 11 is 5.79. The number of rotatable bonds is 2. The lowest BCUT2D eigenvalue weighted by Crippen LogP contribution is -2.11. The Labute approximate surface area is 98.9 Å². The Morgan fingerprint density at radius 1 is 1.19 bits per heavy atom. The largest absolute Gasteiger partial charge is 0.322 e. The Morgan fingerprint density at radius 2 is 1.94 bits per heavy atom. The molecular formula is C13H9ClNO. The lowest BCUT2D eigenvalue weighted by Gasteiger charge is -2.04. The van der Waals surface area contributed by atoms with E-state index in [1.54, 1.807) is 30.3 Å². The fourth-order valence-corrected chi connectivity index (χ4v) is 1.49. The van der Waals surface area contributed by atoms with Crippen LogP contribution in [0.5, 0.6) is 0 Å². The molecule has 0 aliphatic heterocycles. The van der Waals surface area contributed by atoms with Crippen molar-refractivity contribution in [3.63, 3.8) is 0 Å². The summed E-state index contributed by atoms with van der Waals surface area (Å²) in [5.41, 5.74) is 1.25. The zero-order valence-electron chi connectivity index (χ0n) is 8.41. The molecule has 0 bridgehead atoms. The maximum Gasteiger partial charge on any atom is 0.255 e. The van der Waals surface area contributed by atoms with Crippen LogP contribution in [0.2, 0.25) is 5.02 Å². The van der Waals surface area contributed by atoms with Crippen molar-refractivity contribution >= 4 is 23.2 Å². The molecule has 0 spiro atoms. The van der Waals surface area contributed by atoms with Crippen LogP contribution in [0.4, 0.5) is 5.69 Å². The van der Waals surface area contributed by atoms with Gasteiger partial charge < -0.3 is 5.32 Å². The molecule has 0 aromatic heterocycles. The second kappa shape index (κ2) is 4.81. The lowest BCUT2D eigenvalue weighted by molar-refractivity contribution is 0.102. The molecule has 79 valence electrons. The maximum atomic E-state index is 11.8. The van der Waals surface area contributed by atoms with E-state index >= 15 is 0 Å². The van der Waals surface area contributed by atoms with Crippen molar-refractivity contribution in [1.82, 2.24) is 0 Å². The maximum absolute atomic E-state index is 11.8. The van der Waals surface area contributed by atoms with E-state index in [0.29, 0.717) is 16.3 Å². The fraction of sp³-hybridized carbons (Fsp3) is 0. The van der Waals surface area contributed by atoms with Gasteiger partial charge in [-0.2, -0.15) is 0 Å². The zero-order valence-corrected chi connectivity index (χ0v) is 9.16. The molecule has 0 heterocycles. The zero-order chi connectivity index (χ0) is 11.4. The van der Waals surface area contributed by atoms with E-state index < -0.39 is 0 Å². The topological polar surface area (TPSA) is 29.1 Å². The average molecular weight is 231 g/mol. The summed E-state index contributed by atoms with van der Waals surface area (Å²) in [4.78, 5) is 11.8. The molecule has 0 fully saturated rings. The average Bonchev–Trinajstić information content (AvgIpc) is 2.30. The third-order valence-electron chi connectivity index (χ3n) is 2.05. The number of benzene rings is 2. The molecule has 0 saturated heterocycles. The van der Waals surface area contributed by atoms with Crippen molar-refractivity contribution in [3.05, 3.63) is 65.2 Å².